The highest BCUT2D eigenvalue weighted by Crippen LogP contribution is 2.16. The zero-order chi connectivity index (χ0) is 13.5. The summed E-state index contributed by atoms with van der Waals surface area (Å²) in [5.74, 6) is 6.31. The molecule has 96 valence electrons. The van der Waals surface area contributed by atoms with Gasteiger partial charge in [0, 0.05) is 18.8 Å². The zero-order valence-electron chi connectivity index (χ0n) is 10.9. The predicted octanol–water partition coefficient (Wildman–Crippen LogP) is 1.34. The summed E-state index contributed by atoms with van der Waals surface area (Å²) in [6.45, 7) is 2.04. The molecule has 0 atom stereocenters. The van der Waals surface area contributed by atoms with E-state index in [1.165, 1.54) is 0 Å². The number of aromatic nitrogens is 5. The van der Waals surface area contributed by atoms with Gasteiger partial charge < -0.3 is 4.98 Å². The van der Waals surface area contributed by atoms with E-state index >= 15 is 0 Å². The summed E-state index contributed by atoms with van der Waals surface area (Å²) >= 11 is 0. The van der Waals surface area contributed by atoms with Crippen LogP contribution in [0, 0.1) is 11.8 Å². The van der Waals surface area contributed by atoms with Crippen molar-refractivity contribution in [3.63, 3.8) is 0 Å². The van der Waals surface area contributed by atoms with Gasteiger partial charge in [-0.1, -0.05) is 29.5 Å². The minimum atomic E-state index is 0.632. The number of fused-ring (bicyclic) bond motifs is 5. The Bertz CT molecular complexity index is 997. The van der Waals surface area contributed by atoms with E-state index in [1.807, 2.05) is 34.4 Å². The van der Waals surface area contributed by atoms with Crippen LogP contribution in [0.5, 0.6) is 0 Å². The van der Waals surface area contributed by atoms with Crippen molar-refractivity contribution >= 4 is 22.2 Å². The lowest BCUT2D eigenvalue weighted by Gasteiger charge is -1.89. The van der Waals surface area contributed by atoms with Crippen molar-refractivity contribution in [3.05, 3.63) is 42.4 Å². The molecule has 0 aliphatic carbocycles. The molecule has 0 aliphatic rings. The van der Waals surface area contributed by atoms with E-state index < -0.39 is 0 Å². The van der Waals surface area contributed by atoms with Crippen LogP contribution in [0.15, 0.2) is 36.8 Å². The van der Waals surface area contributed by atoms with E-state index in [0.717, 1.165) is 28.5 Å². The maximum Gasteiger partial charge on any atom is 0.262 e. The van der Waals surface area contributed by atoms with Crippen LogP contribution >= 0.6 is 0 Å². The average Bonchev–Trinajstić information content (AvgIpc) is 3.01. The molecule has 0 fully saturated rings. The molecule has 0 amide bonds. The van der Waals surface area contributed by atoms with Crippen LogP contribution in [-0.4, -0.2) is 14.5 Å². The fourth-order valence-electron chi connectivity index (χ4n) is 2.36. The van der Waals surface area contributed by atoms with Crippen LogP contribution in [-0.2, 0) is 0 Å². The van der Waals surface area contributed by atoms with Crippen molar-refractivity contribution in [2.45, 2.75) is 13.3 Å². The molecule has 1 aromatic carbocycles. The predicted molar refractivity (Wildman–Crippen MR) is 74.1 cm³/mol. The Morgan fingerprint density at radius 3 is 3.10 bits per heavy atom. The smallest absolute Gasteiger partial charge is 0.262 e. The Morgan fingerprint density at radius 1 is 1.30 bits per heavy atom. The molecule has 0 spiro atoms. The Balaban J connectivity index is 2.18. The molecule has 0 bridgehead atoms. The standard InChI is InChI=1S/C15H11N5/c1-2-3-5-11-6-4-7-12-10-19-15-14(16-8-9-17-15)18-20(19)13(11)12/h4,6-10H,2H2,1H3. The Morgan fingerprint density at radius 2 is 2.20 bits per heavy atom. The van der Waals surface area contributed by atoms with Crippen molar-refractivity contribution in [2.75, 3.05) is 0 Å². The van der Waals surface area contributed by atoms with Crippen molar-refractivity contribution in [1.82, 2.24) is 19.6 Å². The lowest BCUT2D eigenvalue weighted by atomic mass is 10.1. The van der Waals surface area contributed by atoms with Gasteiger partial charge in [0.05, 0.1) is 10.9 Å². The molecular formula is C15H11N5. The van der Waals surface area contributed by atoms with Gasteiger partial charge in [-0.2, -0.15) is 4.52 Å². The van der Waals surface area contributed by atoms with E-state index in [4.69, 9.17) is 0 Å². The van der Waals surface area contributed by atoms with E-state index in [9.17, 15) is 0 Å². The molecular weight excluding hydrogens is 250 g/mol. The van der Waals surface area contributed by atoms with E-state index in [-0.39, 0.29) is 0 Å². The molecule has 3 aromatic heterocycles. The second-order valence-corrected chi connectivity index (χ2v) is 4.47. The lowest BCUT2D eigenvalue weighted by Crippen LogP contribution is -2.30. The topological polar surface area (TPSA) is 48.4 Å². The third-order valence-electron chi connectivity index (χ3n) is 3.20. The minimum absolute atomic E-state index is 0.632. The Kier molecular flexibility index (Phi) is 2.24. The maximum atomic E-state index is 4.51. The van der Waals surface area contributed by atoms with Gasteiger partial charge in [0.1, 0.15) is 5.65 Å². The Hall–Kier alpha value is -2.87. The van der Waals surface area contributed by atoms with Crippen molar-refractivity contribution in [3.8, 4) is 11.8 Å². The third kappa shape index (κ3) is 1.42. The summed E-state index contributed by atoms with van der Waals surface area (Å²) in [5.41, 5.74) is 3.35. The SMILES string of the molecule is CCC#Cc1cccc2cn3c4nccnc4[n-][n+]3c12. The zero-order valence-corrected chi connectivity index (χ0v) is 10.9. The monoisotopic (exact) mass is 261 g/mol. The van der Waals surface area contributed by atoms with Crippen molar-refractivity contribution < 1.29 is 4.63 Å². The molecule has 0 N–H and O–H groups in total. The fraction of sp³-hybridized carbons (Fsp3) is 0.133. The first-order chi connectivity index (χ1) is 9.88. The molecule has 0 radical (unpaired) electrons. The van der Waals surface area contributed by atoms with Crippen LogP contribution < -0.4 is 9.73 Å². The second-order valence-electron chi connectivity index (χ2n) is 4.47. The van der Waals surface area contributed by atoms with Gasteiger partial charge in [-0.15, -0.1) is 5.10 Å². The average molecular weight is 261 g/mol. The summed E-state index contributed by atoms with van der Waals surface area (Å²) < 4.78 is 3.73. The first-order valence-electron chi connectivity index (χ1n) is 6.47. The Labute approximate surface area is 114 Å². The third-order valence-corrected chi connectivity index (χ3v) is 3.20. The van der Waals surface area contributed by atoms with Gasteiger partial charge in [0.15, 0.2) is 5.65 Å². The summed E-state index contributed by atoms with van der Waals surface area (Å²) in [6.07, 6.45) is 6.16. The van der Waals surface area contributed by atoms with E-state index in [0.29, 0.717) is 5.65 Å². The summed E-state index contributed by atoms with van der Waals surface area (Å²) in [4.78, 5) is 8.58. The molecule has 3 heterocycles. The fourth-order valence-corrected chi connectivity index (χ4v) is 2.36. The van der Waals surface area contributed by atoms with Crippen LogP contribution in [0.4, 0.5) is 0 Å². The van der Waals surface area contributed by atoms with Gasteiger partial charge in [-0.05, 0) is 18.3 Å². The molecule has 5 nitrogen and oxygen atoms in total. The van der Waals surface area contributed by atoms with Crippen LogP contribution in [0.3, 0.4) is 0 Å². The number of rotatable bonds is 0. The molecule has 0 saturated heterocycles. The van der Waals surface area contributed by atoms with Crippen LogP contribution in [0.1, 0.15) is 18.9 Å². The number of benzene rings is 1. The van der Waals surface area contributed by atoms with Crippen LogP contribution in [0.25, 0.3) is 22.2 Å². The number of para-hydroxylation sites is 1. The largest absolute Gasteiger partial charge is 0.361 e. The molecule has 0 unspecified atom stereocenters. The van der Waals surface area contributed by atoms with E-state index in [2.05, 4.69) is 33.0 Å². The van der Waals surface area contributed by atoms with Gasteiger partial charge in [-0.3, -0.25) is 0 Å². The molecule has 20 heavy (non-hydrogen) atoms. The minimum Gasteiger partial charge on any atom is -0.361 e. The van der Waals surface area contributed by atoms with Gasteiger partial charge in [-0.25, -0.2) is 4.98 Å². The lowest BCUT2D eigenvalue weighted by molar-refractivity contribution is -0.650. The number of hydrogen-bond donors (Lipinski definition) is 0. The highest BCUT2D eigenvalue weighted by Gasteiger charge is 2.16. The molecule has 4 aromatic rings. The molecule has 0 aliphatic heterocycles. The summed E-state index contributed by atoms with van der Waals surface area (Å²) in [7, 11) is 0. The maximum absolute atomic E-state index is 4.51. The molecule has 5 heteroatoms. The summed E-state index contributed by atoms with van der Waals surface area (Å²) in [5, 5.41) is 5.60. The quantitative estimate of drug-likeness (QED) is 0.354. The van der Waals surface area contributed by atoms with E-state index in [1.54, 1.807) is 12.4 Å². The normalized spacial score (nSPS) is 11.1. The van der Waals surface area contributed by atoms with Gasteiger partial charge >= 0.3 is 0 Å². The van der Waals surface area contributed by atoms with Crippen molar-refractivity contribution in [1.29, 1.82) is 0 Å². The van der Waals surface area contributed by atoms with Crippen molar-refractivity contribution in [2.24, 2.45) is 0 Å². The highest BCUT2D eigenvalue weighted by atomic mass is 15.5. The highest BCUT2D eigenvalue weighted by molar-refractivity contribution is 5.82. The molecule has 0 saturated carbocycles. The van der Waals surface area contributed by atoms with Gasteiger partial charge in [0.2, 0.25) is 0 Å². The number of hydrogen-bond acceptors (Lipinski definition) is 2. The number of nitrogens with zero attached hydrogens (tertiary/aromatic N) is 5. The second kappa shape index (κ2) is 4.07. The first kappa shape index (κ1) is 11.0. The van der Waals surface area contributed by atoms with Crippen LogP contribution in [0.2, 0.25) is 0 Å². The van der Waals surface area contributed by atoms with Gasteiger partial charge in [0.25, 0.3) is 5.52 Å². The first-order valence-corrected chi connectivity index (χ1v) is 6.47. The molecule has 4 rings (SSSR count). The summed E-state index contributed by atoms with van der Waals surface area (Å²) in [6, 6.07) is 6.07.